The van der Waals surface area contributed by atoms with Crippen LogP contribution in [-0.4, -0.2) is 62.3 Å². The standard InChI is InChI=1S/C18H38N4O/c1-7-19-16(20-10-8-9-17(2,3)4)21-15-18(5,6)22-11-13-23-14-12-22/h7-15H2,1-6H3,(H2,19,20,21). The van der Waals surface area contributed by atoms with Crippen molar-refractivity contribution in [1.29, 1.82) is 0 Å². The molecule has 1 saturated heterocycles. The molecule has 1 fully saturated rings. The fourth-order valence-corrected chi connectivity index (χ4v) is 2.71. The van der Waals surface area contributed by atoms with E-state index >= 15 is 0 Å². The van der Waals surface area contributed by atoms with Gasteiger partial charge in [0, 0.05) is 31.7 Å². The van der Waals surface area contributed by atoms with Crippen molar-refractivity contribution in [3.63, 3.8) is 0 Å². The van der Waals surface area contributed by atoms with Crippen molar-refractivity contribution >= 4 is 5.96 Å². The molecule has 0 atom stereocenters. The summed E-state index contributed by atoms with van der Waals surface area (Å²) in [7, 11) is 0. The molecule has 0 unspecified atom stereocenters. The molecular formula is C18H38N4O. The number of nitrogens with one attached hydrogen (secondary N) is 2. The van der Waals surface area contributed by atoms with Crippen molar-refractivity contribution in [3.8, 4) is 0 Å². The Morgan fingerprint density at radius 1 is 1.09 bits per heavy atom. The van der Waals surface area contributed by atoms with Gasteiger partial charge in [-0.05, 0) is 39.0 Å². The number of ether oxygens (including phenoxy) is 1. The summed E-state index contributed by atoms with van der Waals surface area (Å²) in [6.07, 6.45) is 2.39. The minimum absolute atomic E-state index is 0.0670. The lowest BCUT2D eigenvalue weighted by Gasteiger charge is -2.39. The summed E-state index contributed by atoms with van der Waals surface area (Å²) in [5.74, 6) is 0.933. The van der Waals surface area contributed by atoms with Gasteiger partial charge in [-0.1, -0.05) is 20.8 Å². The molecule has 136 valence electrons. The van der Waals surface area contributed by atoms with E-state index in [1.54, 1.807) is 0 Å². The molecule has 5 heteroatoms. The first kappa shape index (κ1) is 20.2. The van der Waals surface area contributed by atoms with Crippen LogP contribution >= 0.6 is 0 Å². The molecule has 0 aromatic carbocycles. The monoisotopic (exact) mass is 326 g/mol. The van der Waals surface area contributed by atoms with Crippen LogP contribution in [0.1, 0.15) is 54.4 Å². The molecule has 23 heavy (non-hydrogen) atoms. The number of guanidine groups is 1. The normalized spacial score (nSPS) is 18.1. The van der Waals surface area contributed by atoms with Crippen molar-refractivity contribution in [1.82, 2.24) is 15.5 Å². The zero-order chi connectivity index (χ0) is 17.3. The van der Waals surface area contributed by atoms with Gasteiger partial charge >= 0.3 is 0 Å². The van der Waals surface area contributed by atoms with Crippen LogP contribution in [0.5, 0.6) is 0 Å². The Balaban J connectivity index is 2.46. The summed E-state index contributed by atoms with van der Waals surface area (Å²) in [5, 5.41) is 6.82. The van der Waals surface area contributed by atoms with Gasteiger partial charge in [0.1, 0.15) is 0 Å². The Morgan fingerprint density at radius 2 is 1.74 bits per heavy atom. The van der Waals surface area contributed by atoms with E-state index in [9.17, 15) is 0 Å². The van der Waals surface area contributed by atoms with Gasteiger partial charge in [0.2, 0.25) is 0 Å². The van der Waals surface area contributed by atoms with Crippen LogP contribution < -0.4 is 10.6 Å². The largest absolute Gasteiger partial charge is 0.379 e. The fourth-order valence-electron chi connectivity index (χ4n) is 2.71. The molecule has 0 radical (unpaired) electrons. The lowest BCUT2D eigenvalue weighted by atomic mass is 9.91. The Bertz CT molecular complexity index is 355. The minimum Gasteiger partial charge on any atom is -0.379 e. The summed E-state index contributed by atoms with van der Waals surface area (Å²) in [5.41, 5.74) is 0.465. The zero-order valence-corrected chi connectivity index (χ0v) is 16.2. The smallest absolute Gasteiger partial charge is 0.191 e. The molecule has 1 aliphatic rings. The second-order valence-electron chi connectivity index (χ2n) is 8.20. The van der Waals surface area contributed by atoms with E-state index in [4.69, 9.17) is 9.73 Å². The van der Waals surface area contributed by atoms with Crippen molar-refractivity contribution in [2.75, 3.05) is 45.9 Å². The van der Waals surface area contributed by atoms with E-state index in [-0.39, 0.29) is 5.54 Å². The molecule has 1 heterocycles. The molecule has 5 nitrogen and oxygen atoms in total. The first-order chi connectivity index (χ1) is 10.7. The topological polar surface area (TPSA) is 48.9 Å². The van der Waals surface area contributed by atoms with E-state index < -0.39 is 0 Å². The minimum atomic E-state index is 0.0670. The number of aliphatic imine (C=N–C) groups is 1. The number of nitrogens with zero attached hydrogens (tertiary/aromatic N) is 2. The summed E-state index contributed by atoms with van der Waals surface area (Å²) < 4.78 is 5.45. The van der Waals surface area contributed by atoms with E-state index in [2.05, 4.69) is 57.1 Å². The van der Waals surface area contributed by atoms with Crippen molar-refractivity contribution in [3.05, 3.63) is 0 Å². The predicted molar refractivity (Wildman–Crippen MR) is 99.1 cm³/mol. The summed E-state index contributed by atoms with van der Waals surface area (Å²) in [6, 6.07) is 0. The number of morpholine rings is 1. The van der Waals surface area contributed by atoms with E-state index in [0.29, 0.717) is 5.41 Å². The van der Waals surface area contributed by atoms with Crippen LogP contribution in [-0.2, 0) is 4.74 Å². The van der Waals surface area contributed by atoms with Crippen LogP contribution in [0.25, 0.3) is 0 Å². The summed E-state index contributed by atoms with van der Waals surface area (Å²) in [4.78, 5) is 7.28. The second kappa shape index (κ2) is 9.48. The highest BCUT2D eigenvalue weighted by Gasteiger charge is 2.28. The maximum absolute atomic E-state index is 5.45. The quantitative estimate of drug-likeness (QED) is 0.429. The maximum atomic E-state index is 5.45. The Kier molecular flexibility index (Phi) is 8.34. The highest BCUT2D eigenvalue weighted by Crippen LogP contribution is 2.20. The molecule has 0 amide bonds. The summed E-state index contributed by atoms with van der Waals surface area (Å²) >= 11 is 0. The predicted octanol–water partition coefficient (Wildman–Crippen LogP) is 2.48. The van der Waals surface area contributed by atoms with Crippen LogP contribution in [0.4, 0.5) is 0 Å². The average Bonchev–Trinajstić information content (AvgIpc) is 2.49. The molecule has 0 aromatic rings. The molecule has 0 spiro atoms. The molecule has 0 bridgehead atoms. The van der Waals surface area contributed by atoms with Gasteiger partial charge in [-0.25, -0.2) is 0 Å². The number of hydrogen-bond donors (Lipinski definition) is 2. The van der Waals surface area contributed by atoms with Crippen molar-refractivity contribution in [2.24, 2.45) is 10.4 Å². The molecule has 1 aliphatic heterocycles. The Morgan fingerprint density at radius 3 is 2.30 bits per heavy atom. The van der Waals surface area contributed by atoms with Gasteiger partial charge in [-0.2, -0.15) is 0 Å². The molecule has 0 aliphatic carbocycles. The second-order valence-corrected chi connectivity index (χ2v) is 8.20. The van der Waals surface area contributed by atoms with Gasteiger partial charge < -0.3 is 15.4 Å². The van der Waals surface area contributed by atoms with Gasteiger partial charge in [-0.15, -0.1) is 0 Å². The van der Waals surface area contributed by atoms with E-state index in [0.717, 1.165) is 51.9 Å². The lowest BCUT2D eigenvalue weighted by Crippen LogP contribution is -2.52. The number of rotatable bonds is 7. The lowest BCUT2D eigenvalue weighted by molar-refractivity contribution is -0.00683. The van der Waals surface area contributed by atoms with Crippen molar-refractivity contribution in [2.45, 2.75) is 59.9 Å². The maximum Gasteiger partial charge on any atom is 0.191 e. The highest BCUT2D eigenvalue weighted by molar-refractivity contribution is 5.79. The van der Waals surface area contributed by atoms with E-state index in [1.807, 2.05) is 0 Å². The third-order valence-corrected chi connectivity index (χ3v) is 4.23. The number of hydrogen-bond acceptors (Lipinski definition) is 3. The Labute approximate surface area is 143 Å². The van der Waals surface area contributed by atoms with Crippen molar-refractivity contribution < 1.29 is 4.74 Å². The van der Waals surface area contributed by atoms with Crippen LogP contribution in [0.15, 0.2) is 4.99 Å². The van der Waals surface area contributed by atoms with Gasteiger partial charge in [0.25, 0.3) is 0 Å². The van der Waals surface area contributed by atoms with Gasteiger partial charge in [-0.3, -0.25) is 9.89 Å². The molecule has 1 rings (SSSR count). The van der Waals surface area contributed by atoms with Crippen LogP contribution in [0.3, 0.4) is 0 Å². The SMILES string of the molecule is CCNC(=NCC(C)(C)N1CCOCC1)NCCCC(C)(C)C. The van der Waals surface area contributed by atoms with Gasteiger partial charge in [0.05, 0.1) is 19.8 Å². The van der Waals surface area contributed by atoms with Crippen LogP contribution in [0, 0.1) is 5.41 Å². The zero-order valence-electron chi connectivity index (χ0n) is 16.2. The Hall–Kier alpha value is -0.810. The molecule has 0 aromatic heterocycles. The first-order valence-electron chi connectivity index (χ1n) is 9.09. The van der Waals surface area contributed by atoms with Gasteiger partial charge in [0.15, 0.2) is 5.96 Å². The third kappa shape index (κ3) is 8.56. The molecule has 2 N–H and O–H groups in total. The summed E-state index contributed by atoms with van der Waals surface area (Å²) in [6.45, 7) is 19.8. The molecule has 0 saturated carbocycles. The fraction of sp³-hybridized carbons (Fsp3) is 0.944. The highest BCUT2D eigenvalue weighted by atomic mass is 16.5. The molecular weight excluding hydrogens is 288 g/mol. The third-order valence-electron chi connectivity index (χ3n) is 4.23. The average molecular weight is 327 g/mol. The first-order valence-corrected chi connectivity index (χ1v) is 9.09. The van der Waals surface area contributed by atoms with E-state index in [1.165, 1.54) is 12.8 Å². The van der Waals surface area contributed by atoms with Crippen LogP contribution in [0.2, 0.25) is 0 Å².